The number of aliphatic hydroxyl groups is 1. The van der Waals surface area contributed by atoms with Crippen molar-refractivity contribution in [1.82, 2.24) is 0 Å². The number of aliphatic hydroxyl groups excluding tert-OH is 1. The molecule has 0 saturated heterocycles. The third-order valence-corrected chi connectivity index (χ3v) is 4.31. The van der Waals surface area contributed by atoms with Crippen molar-refractivity contribution >= 4 is 5.97 Å². The molecular weight excluding hydrogens is 288 g/mol. The molecule has 0 rings (SSSR count). The van der Waals surface area contributed by atoms with Gasteiger partial charge in [-0.1, -0.05) is 78.1 Å². The second-order valence-corrected chi connectivity index (χ2v) is 6.55. The highest BCUT2D eigenvalue weighted by Gasteiger charge is 2.11. The number of hydrogen-bond acceptors (Lipinski definition) is 3. The molecule has 0 unspecified atom stereocenters. The first-order valence-corrected chi connectivity index (χ1v) is 9.64. The van der Waals surface area contributed by atoms with Crippen LogP contribution < -0.4 is 0 Å². The predicted molar refractivity (Wildman–Crippen MR) is 97.4 cm³/mol. The van der Waals surface area contributed by atoms with Crippen molar-refractivity contribution in [2.24, 2.45) is 5.92 Å². The van der Waals surface area contributed by atoms with Gasteiger partial charge in [-0.3, -0.25) is 0 Å². The maximum atomic E-state index is 11.2. The monoisotopic (exact) mass is 326 g/mol. The fraction of sp³-hybridized carbons (Fsp3) is 0.850. The average Bonchev–Trinajstić information content (AvgIpc) is 2.54. The zero-order valence-electron chi connectivity index (χ0n) is 15.6. The summed E-state index contributed by atoms with van der Waals surface area (Å²) in [6.07, 6.45) is 16.6. The van der Waals surface area contributed by atoms with Gasteiger partial charge in [0.1, 0.15) is 0 Å². The third-order valence-electron chi connectivity index (χ3n) is 4.31. The summed E-state index contributed by atoms with van der Waals surface area (Å²) in [6.45, 7) is 6.43. The van der Waals surface area contributed by atoms with Crippen molar-refractivity contribution < 1.29 is 14.6 Å². The molecule has 1 N–H and O–H groups in total. The molecule has 23 heavy (non-hydrogen) atoms. The number of esters is 1. The smallest absolute Gasteiger partial charge is 0.330 e. The maximum absolute atomic E-state index is 11.2. The van der Waals surface area contributed by atoms with E-state index < -0.39 is 6.10 Å². The van der Waals surface area contributed by atoms with E-state index in [9.17, 15) is 9.90 Å². The molecule has 0 heterocycles. The largest absolute Gasteiger partial charge is 0.463 e. The summed E-state index contributed by atoms with van der Waals surface area (Å²) in [5.74, 6) is -0.188. The lowest BCUT2D eigenvalue weighted by Crippen LogP contribution is -2.15. The van der Waals surface area contributed by atoms with Crippen molar-refractivity contribution in [3.8, 4) is 0 Å². The molecule has 0 amide bonds. The topological polar surface area (TPSA) is 46.5 Å². The summed E-state index contributed by atoms with van der Waals surface area (Å²) in [7, 11) is 0. The first-order valence-electron chi connectivity index (χ1n) is 9.64. The zero-order valence-corrected chi connectivity index (χ0v) is 15.6. The lowest BCUT2D eigenvalue weighted by Gasteiger charge is -2.15. The highest BCUT2D eigenvalue weighted by molar-refractivity contribution is 5.81. The molecule has 0 aromatic carbocycles. The van der Waals surface area contributed by atoms with Gasteiger partial charge in [0.15, 0.2) is 0 Å². The Labute approximate surface area is 143 Å². The van der Waals surface area contributed by atoms with Gasteiger partial charge in [-0.2, -0.15) is 0 Å². The molecule has 136 valence electrons. The molecular formula is C20H38O3. The first-order chi connectivity index (χ1) is 11.1. The van der Waals surface area contributed by atoms with Crippen molar-refractivity contribution in [3.63, 3.8) is 0 Å². The minimum atomic E-state index is -0.557. The summed E-state index contributed by atoms with van der Waals surface area (Å²) in [5.41, 5.74) is 0. The quantitative estimate of drug-likeness (QED) is 0.248. The minimum Gasteiger partial charge on any atom is -0.463 e. The maximum Gasteiger partial charge on any atom is 0.330 e. The van der Waals surface area contributed by atoms with E-state index in [1.807, 2.05) is 6.92 Å². The molecule has 0 aliphatic carbocycles. The number of carbonyl (C=O) groups excluding carboxylic acids is 1. The van der Waals surface area contributed by atoms with Gasteiger partial charge in [0.25, 0.3) is 0 Å². The summed E-state index contributed by atoms with van der Waals surface area (Å²) in [5, 5.41) is 9.98. The standard InChI is InChI=1S/C20H38O3/c1-4-6-7-8-9-10-11-12-13-14-15-18(3)19(21)16-17-20(22)23-5-2/h16-19,21H,4-15H2,1-3H3/b17-16+/t18-,19-/m1/s1. The molecule has 0 bridgehead atoms. The Morgan fingerprint density at radius 3 is 2.00 bits per heavy atom. The van der Waals surface area contributed by atoms with Crippen LogP contribution in [-0.4, -0.2) is 23.8 Å². The second kappa shape index (κ2) is 16.0. The Kier molecular flexibility index (Phi) is 15.5. The van der Waals surface area contributed by atoms with Crippen LogP contribution in [0.2, 0.25) is 0 Å². The molecule has 0 saturated carbocycles. The Balaban J connectivity index is 3.51. The van der Waals surface area contributed by atoms with Crippen LogP contribution >= 0.6 is 0 Å². The van der Waals surface area contributed by atoms with E-state index in [-0.39, 0.29) is 11.9 Å². The van der Waals surface area contributed by atoms with E-state index in [1.165, 1.54) is 63.9 Å². The Hall–Kier alpha value is -0.830. The van der Waals surface area contributed by atoms with Crippen LogP contribution in [0, 0.1) is 5.92 Å². The Morgan fingerprint density at radius 1 is 0.957 bits per heavy atom. The summed E-state index contributed by atoms with van der Waals surface area (Å²) in [6, 6.07) is 0. The average molecular weight is 327 g/mol. The Bertz CT molecular complexity index is 299. The van der Waals surface area contributed by atoms with E-state index in [4.69, 9.17) is 4.74 Å². The van der Waals surface area contributed by atoms with Crippen molar-refractivity contribution in [1.29, 1.82) is 0 Å². The van der Waals surface area contributed by atoms with Crippen LogP contribution in [0.5, 0.6) is 0 Å². The third kappa shape index (κ3) is 14.5. The highest BCUT2D eigenvalue weighted by Crippen LogP contribution is 2.16. The fourth-order valence-electron chi connectivity index (χ4n) is 2.68. The van der Waals surface area contributed by atoms with E-state index >= 15 is 0 Å². The molecule has 3 heteroatoms. The van der Waals surface area contributed by atoms with Crippen molar-refractivity contribution in [3.05, 3.63) is 12.2 Å². The molecule has 0 aliphatic heterocycles. The van der Waals surface area contributed by atoms with Crippen molar-refractivity contribution in [2.75, 3.05) is 6.61 Å². The first kappa shape index (κ1) is 22.2. The number of rotatable bonds is 15. The molecule has 3 nitrogen and oxygen atoms in total. The van der Waals surface area contributed by atoms with Gasteiger partial charge < -0.3 is 9.84 Å². The van der Waals surface area contributed by atoms with Crippen LogP contribution in [0.1, 0.15) is 91.4 Å². The lowest BCUT2D eigenvalue weighted by atomic mass is 9.96. The molecule has 0 aromatic rings. The summed E-state index contributed by atoms with van der Waals surface area (Å²) < 4.78 is 4.80. The summed E-state index contributed by atoms with van der Waals surface area (Å²) >= 11 is 0. The van der Waals surface area contributed by atoms with Crippen LogP contribution in [-0.2, 0) is 9.53 Å². The van der Waals surface area contributed by atoms with Crippen LogP contribution in [0.25, 0.3) is 0 Å². The van der Waals surface area contributed by atoms with Crippen LogP contribution in [0.3, 0.4) is 0 Å². The van der Waals surface area contributed by atoms with Gasteiger partial charge in [-0.25, -0.2) is 4.79 Å². The van der Waals surface area contributed by atoms with E-state index in [1.54, 1.807) is 13.0 Å². The fourth-order valence-corrected chi connectivity index (χ4v) is 2.68. The van der Waals surface area contributed by atoms with Gasteiger partial charge in [-0.05, 0) is 25.3 Å². The normalized spacial score (nSPS) is 14.1. The molecule has 0 aliphatic rings. The van der Waals surface area contributed by atoms with Crippen LogP contribution in [0.15, 0.2) is 12.2 Å². The van der Waals surface area contributed by atoms with Gasteiger partial charge in [0.05, 0.1) is 12.7 Å². The van der Waals surface area contributed by atoms with Gasteiger partial charge in [0, 0.05) is 6.08 Å². The SMILES string of the molecule is CCCCCCCCCCCC[C@@H](C)[C@H](O)/C=C/C(=O)OCC. The van der Waals surface area contributed by atoms with Gasteiger partial charge in [0.2, 0.25) is 0 Å². The zero-order chi connectivity index (χ0) is 17.3. The lowest BCUT2D eigenvalue weighted by molar-refractivity contribution is -0.137. The van der Waals surface area contributed by atoms with E-state index in [2.05, 4.69) is 6.92 Å². The van der Waals surface area contributed by atoms with E-state index in [0.29, 0.717) is 6.61 Å². The molecule has 0 fully saturated rings. The molecule has 0 spiro atoms. The number of ether oxygens (including phenoxy) is 1. The number of unbranched alkanes of at least 4 members (excludes halogenated alkanes) is 9. The molecule has 2 atom stereocenters. The molecule has 0 radical (unpaired) electrons. The minimum absolute atomic E-state index is 0.190. The number of hydrogen-bond donors (Lipinski definition) is 1. The molecule has 0 aromatic heterocycles. The van der Waals surface area contributed by atoms with Gasteiger partial charge >= 0.3 is 5.97 Å². The second-order valence-electron chi connectivity index (χ2n) is 6.55. The summed E-state index contributed by atoms with van der Waals surface area (Å²) in [4.78, 5) is 11.2. The van der Waals surface area contributed by atoms with Crippen molar-refractivity contribution in [2.45, 2.75) is 97.5 Å². The Morgan fingerprint density at radius 2 is 1.48 bits per heavy atom. The predicted octanol–water partition coefficient (Wildman–Crippen LogP) is 5.41. The van der Waals surface area contributed by atoms with E-state index in [0.717, 1.165) is 12.8 Å². The van der Waals surface area contributed by atoms with Gasteiger partial charge in [-0.15, -0.1) is 0 Å². The number of carbonyl (C=O) groups is 1. The van der Waals surface area contributed by atoms with Crippen LogP contribution in [0.4, 0.5) is 0 Å². The highest BCUT2D eigenvalue weighted by atomic mass is 16.5.